The molecule has 0 saturated carbocycles. The summed E-state index contributed by atoms with van der Waals surface area (Å²) in [5, 5.41) is 3.14. The maximum Gasteiger partial charge on any atom is 0.175 e. The molecule has 1 aromatic heterocycles. The Hall–Kier alpha value is -1.34. The number of benzene rings is 1. The zero-order valence-corrected chi connectivity index (χ0v) is 13.7. The molecule has 2 N–H and O–H groups in total. The number of nitrogens with two attached hydrogens (primary N) is 1. The SMILES string of the molecule is Nc1noc(C2CCCCS2(=O)=O)c1-c1ccccc1Br. The Morgan fingerprint density at radius 3 is 2.76 bits per heavy atom. The molecule has 5 nitrogen and oxygen atoms in total. The smallest absolute Gasteiger partial charge is 0.175 e. The van der Waals surface area contributed by atoms with Gasteiger partial charge in [-0.1, -0.05) is 45.7 Å². The van der Waals surface area contributed by atoms with Gasteiger partial charge in [-0.25, -0.2) is 8.42 Å². The van der Waals surface area contributed by atoms with Crippen molar-refractivity contribution in [1.82, 2.24) is 5.16 Å². The van der Waals surface area contributed by atoms with Crippen molar-refractivity contribution >= 4 is 31.6 Å². The lowest BCUT2D eigenvalue weighted by atomic mass is 10.0. The van der Waals surface area contributed by atoms with E-state index in [1.807, 2.05) is 24.3 Å². The number of anilines is 1. The summed E-state index contributed by atoms with van der Waals surface area (Å²) in [6.45, 7) is 0. The van der Waals surface area contributed by atoms with Crippen LogP contribution in [-0.4, -0.2) is 19.3 Å². The summed E-state index contributed by atoms with van der Waals surface area (Å²) in [4.78, 5) is 0. The van der Waals surface area contributed by atoms with Crippen LogP contribution in [0.3, 0.4) is 0 Å². The van der Waals surface area contributed by atoms with Gasteiger partial charge in [0.25, 0.3) is 0 Å². The minimum atomic E-state index is -3.21. The normalized spacial score (nSPS) is 21.3. The Morgan fingerprint density at radius 2 is 2.05 bits per heavy atom. The molecule has 2 aromatic rings. The van der Waals surface area contributed by atoms with Crippen molar-refractivity contribution in [1.29, 1.82) is 0 Å². The van der Waals surface area contributed by atoms with E-state index in [-0.39, 0.29) is 11.6 Å². The van der Waals surface area contributed by atoms with Gasteiger partial charge in [0.2, 0.25) is 0 Å². The molecule has 1 aromatic carbocycles. The number of hydrogen-bond acceptors (Lipinski definition) is 5. The van der Waals surface area contributed by atoms with Crippen molar-refractivity contribution in [2.24, 2.45) is 0 Å². The maximum absolute atomic E-state index is 12.3. The molecule has 1 saturated heterocycles. The van der Waals surface area contributed by atoms with Crippen LogP contribution < -0.4 is 5.73 Å². The first-order chi connectivity index (χ1) is 10.0. The summed E-state index contributed by atoms with van der Waals surface area (Å²) in [6.07, 6.45) is 2.11. The van der Waals surface area contributed by atoms with E-state index in [0.717, 1.165) is 16.5 Å². The summed E-state index contributed by atoms with van der Waals surface area (Å²) < 4.78 is 30.8. The fourth-order valence-corrected chi connectivity index (χ4v) is 5.11. The largest absolute Gasteiger partial charge is 0.380 e. The summed E-state index contributed by atoms with van der Waals surface area (Å²) in [7, 11) is -3.21. The van der Waals surface area contributed by atoms with Crippen LogP contribution in [0.2, 0.25) is 0 Å². The molecule has 2 heterocycles. The summed E-state index contributed by atoms with van der Waals surface area (Å²) in [5.74, 6) is 0.769. The second-order valence-electron chi connectivity index (χ2n) is 5.14. The van der Waals surface area contributed by atoms with Crippen LogP contribution in [0.5, 0.6) is 0 Å². The minimum absolute atomic E-state index is 0.188. The van der Waals surface area contributed by atoms with E-state index < -0.39 is 15.1 Å². The van der Waals surface area contributed by atoms with Gasteiger partial charge in [0.1, 0.15) is 5.25 Å². The van der Waals surface area contributed by atoms with Crippen molar-refractivity contribution in [2.45, 2.75) is 24.5 Å². The first kappa shape index (κ1) is 14.6. The molecule has 21 heavy (non-hydrogen) atoms. The fourth-order valence-electron chi connectivity index (χ4n) is 2.72. The molecular formula is C14H15BrN2O3S. The zero-order chi connectivity index (χ0) is 15.0. The van der Waals surface area contributed by atoms with E-state index in [1.54, 1.807) is 0 Å². The van der Waals surface area contributed by atoms with E-state index in [2.05, 4.69) is 21.1 Å². The molecule has 7 heteroatoms. The first-order valence-electron chi connectivity index (χ1n) is 6.72. The van der Waals surface area contributed by atoms with Crippen LogP contribution in [0.1, 0.15) is 30.3 Å². The highest BCUT2D eigenvalue weighted by atomic mass is 79.9. The lowest BCUT2D eigenvalue weighted by Gasteiger charge is -2.21. The average Bonchev–Trinajstić information content (AvgIpc) is 2.80. The Morgan fingerprint density at radius 1 is 1.29 bits per heavy atom. The van der Waals surface area contributed by atoms with Crippen molar-refractivity contribution < 1.29 is 12.9 Å². The van der Waals surface area contributed by atoms with Gasteiger partial charge in [0.05, 0.1) is 11.3 Å². The van der Waals surface area contributed by atoms with Gasteiger partial charge in [0.15, 0.2) is 21.4 Å². The number of halogens is 1. The highest BCUT2D eigenvalue weighted by Crippen LogP contribution is 2.43. The number of sulfone groups is 1. The Balaban J connectivity index is 2.16. The standard InChI is InChI=1S/C14H15BrN2O3S/c15-10-6-2-1-5-9(10)12-13(20-17-14(12)16)11-7-3-4-8-21(11,18)19/h1-2,5-6,11H,3-4,7-8H2,(H2,16,17). The van der Waals surface area contributed by atoms with Gasteiger partial charge in [0, 0.05) is 10.0 Å². The molecule has 0 amide bonds. The third-order valence-electron chi connectivity index (χ3n) is 3.76. The average molecular weight is 371 g/mol. The third kappa shape index (κ3) is 2.60. The Kier molecular flexibility index (Phi) is 3.79. The molecule has 0 radical (unpaired) electrons. The van der Waals surface area contributed by atoms with Crippen LogP contribution in [-0.2, 0) is 9.84 Å². The molecule has 112 valence electrons. The molecule has 0 spiro atoms. The highest BCUT2D eigenvalue weighted by Gasteiger charge is 2.36. The van der Waals surface area contributed by atoms with Gasteiger partial charge < -0.3 is 10.3 Å². The number of aromatic nitrogens is 1. The second kappa shape index (κ2) is 5.46. The molecule has 1 aliphatic rings. The minimum Gasteiger partial charge on any atom is -0.380 e. The molecule has 1 aliphatic heterocycles. The fraction of sp³-hybridized carbons (Fsp3) is 0.357. The van der Waals surface area contributed by atoms with Gasteiger partial charge >= 0.3 is 0 Å². The molecule has 3 rings (SSSR count). The first-order valence-corrected chi connectivity index (χ1v) is 9.23. The van der Waals surface area contributed by atoms with Gasteiger partial charge in [-0.3, -0.25) is 0 Å². The lowest BCUT2D eigenvalue weighted by Crippen LogP contribution is -2.21. The van der Waals surface area contributed by atoms with Gasteiger partial charge in [-0.15, -0.1) is 0 Å². The third-order valence-corrected chi connectivity index (χ3v) is 6.63. The molecule has 1 unspecified atom stereocenters. The van der Waals surface area contributed by atoms with E-state index in [0.29, 0.717) is 24.2 Å². The molecule has 1 atom stereocenters. The predicted octanol–water partition coefficient (Wildman–Crippen LogP) is 3.33. The number of rotatable bonds is 2. The van der Waals surface area contributed by atoms with Crippen molar-refractivity contribution in [3.05, 3.63) is 34.5 Å². The number of hydrogen-bond donors (Lipinski definition) is 1. The van der Waals surface area contributed by atoms with Gasteiger partial charge in [-0.05, 0) is 18.9 Å². The lowest BCUT2D eigenvalue weighted by molar-refractivity contribution is 0.372. The maximum atomic E-state index is 12.3. The van der Waals surface area contributed by atoms with E-state index >= 15 is 0 Å². The molecule has 0 aliphatic carbocycles. The Labute approximate surface area is 131 Å². The van der Waals surface area contributed by atoms with Crippen LogP contribution >= 0.6 is 15.9 Å². The zero-order valence-electron chi connectivity index (χ0n) is 11.3. The number of nitrogen functional groups attached to an aromatic ring is 1. The van der Waals surface area contributed by atoms with Gasteiger partial charge in [-0.2, -0.15) is 0 Å². The summed E-state index contributed by atoms with van der Waals surface area (Å²) >= 11 is 3.46. The summed E-state index contributed by atoms with van der Waals surface area (Å²) in [5.41, 5.74) is 7.30. The second-order valence-corrected chi connectivity index (χ2v) is 8.30. The monoisotopic (exact) mass is 370 g/mol. The van der Waals surface area contributed by atoms with Crippen LogP contribution in [0.25, 0.3) is 11.1 Å². The Bertz CT molecular complexity index is 770. The van der Waals surface area contributed by atoms with Crippen LogP contribution in [0.15, 0.2) is 33.3 Å². The van der Waals surface area contributed by atoms with Crippen molar-refractivity contribution in [3.8, 4) is 11.1 Å². The highest BCUT2D eigenvalue weighted by molar-refractivity contribution is 9.10. The van der Waals surface area contributed by atoms with E-state index in [9.17, 15) is 8.42 Å². The van der Waals surface area contributed by atoms with Crippen molar-refractivity contribution in [3.63, 3.8) is 0 Å². The van der Waals surface area contributed by atoms with Crippen LogP contribution in [0.4, 0.5) is 5.82 Å². The van der Waals surface area contributed by atoms with Crippen molar-refractivity contribution in [2.75, 3.05) is 11.5 Å². The molecule has 1 fully saturated rings. The van der Waals surface area contributed by atoms with E-state index in [4.69, 9.17) is 10.3 Å². The summed E-state index contributed by atoms with van der Waals surface area (Å²) in [6, 6.07) is 7.49. The molecular weight excluding hydrogens is 356 g/mol. The quantitative estimate of drug-likeness (QED) is 0.875. The van der Waals surface area contributed by atoms with E-state index in [1.165, 1.54) is 0 Å². The number of nitrogens with zero attached hydrogens (tertiary/aromatic N) is 1. The van der Waals surface area contributed by atoms with Crippen LogP contribution in [0, 0.1) is 0 Å². The topological polar surface area (TPSA) is 86.2 Å². The molecule has 0 bridgehead atoms. The predicted molar refractivity (Wildman–Crippen MR) is 84.4 cm³/mol.